The molecule has 0 amide bonds. The van der Waals surface area contributed by atoms with Crippen LogP contribution in [0.1, 0.15) is 12.0 Å². The molecule has 2 heterocycles. The zero-order valence-corrected chi connectivity index (χ0v) is 20.8. The standard InChI is InChI=1S/C26H20ClN3O6S/c27-24-16(15-5-7-20-21(11-15)36-9-8-35-20)2-1-3-18(24)29-25-17-6-4-14(10-22(17)37-30-25)13-28-19(26(33)34)12-23(31)32/h1-7,10-11,13,19H,8-9,12H2,(H,29,30)(H,31,32)(H,33,34)/t19-/m0/s1. The van der Waals surface area contributed by atoms with Crippen molar-refractivity contribution in [2.75, 3.05) is 18.5 Å². The molecule has 9 nitrogen and oxygen atoms in total. The monoisotopic (exact) mass is 537 g/mol. The smallest absolute Gasteiger partial charge is 0.329 e. The number of anilines is 2. The molecule has 0 saturated heterocycles. The van der Waals surface area contributed by atoms with Gasteiger partial charge in [-0.3, -0.25) is 9.79 Å². The minimum Gasteiger partial charge on any atom is -0.486 e. The number of nitrogens with zero attached hydrogens (tertiary/aromatic N) is 2. The largest absolute Gasteiger partial charge is 0.486 e. The first kappa shape index (κ1) is 24.5. The van der Waals surface area contributed by atoms with Gasteiger partial charge in [-0.15, -0.1) is 0 Å². The Bertz CT molecular complexity index is 1540. The van der Waals surface area contributed by atoms with Gasteiger partial charge in [-0.05, 0) is 53.0 Å². The normalized spacial score (nSPS) is 13.5. The number of hydrogen-bond donors (Lipinski definition) is 3. The number of aliphatic imine (C=N–C) groups is 1. The van der Waals surface area contributed by atoms with Gasteiger partial charge in [-0.25, -0.2) is 4.79 Å². The van der Waals surface area contributed by atoms with Crippen molar-refractivity contribution in [1.82, 2.24) is 4.37 Å². The number of carbonyl (C=O) groups is 2. The maximum Gasteiger partial charge on any atom is 0.329 e. The Morgan fingerprint density at radius 2 is 1.92 bits per heavy atom. The van der Waals surface area contributed by atoms with Crippen LogP contribution in [0.3, 0.4) is 0 Å². The lowest BCUT2D eigenvalue weighted by Gasteiger charge is -2.19. The van der Waals surface area contributed by atoms with E-state index in [1.807, 2.05) is 48.5 Å². The Morgan fingerprint density at radius 3 is 2.70 bits per heavy atom. The highest BCUT2D eigenvalue weighted by Crippen LogP contribution is 2.40. The third kappa shape index (κ3) is 5.35. The summed E-state index contributed by atoms with van der Waals surface area (Å²) in [7, 11) is 0. The summed E-state index contributed by atoms with van der Waals surface area (Å²) in [5.74, 6) is -0.506. The summed E-state index contributed by atoms with van der Waals surface area (Å²) in [4.78, 5) is 26.0. The number of fused-ring (bicyclic) bond motifs is 2. The van der Waals surface area contributed by atoms with Gasteiger partial charge >= 0.3 is 11.9 Å². The summed E-state index contributed by atoms with van der Waals surface area (Å²) < 4.78 is 16.7. The number of carboxylic acids is 2. The summed E-state index contributed by atoms with van der Waals surface area (Å²) >= 11 is 8.05. The molecule has 0 unspecified atom stereocenters. The van der Waals surface area contributed by atoms with Gasteiger partial charge in [0, 0.05) is 17.2 Å². The van der Waals surface area contributed by atoms with Gasteiger partial charge in [0.15, 0.2) is 23.4 Å². The molecule has 0 aliphatic carbocycles. The van der Waals surface area contributed by atoms with Crippen molar-refractivity contribution in [3.05, 3.63) is 65.2 Å². The van der Waals surface area contributed by atoms with E-state index in [1.54, 1.807) is 6.07 Å². The Labute approximate surface area is 220 Å². The van der Waals surface area contributed by atoms with Gasteiger partial charge in [-0.1, -0.05) is 35.9 Å². The highest BCUT2D eigenvalue weighted by molar-refractivity contribution is 7.13. The quantitative estimate of drug-likeness (QED) is 0.252. The number of rotatable bonds is 8. The fraction of sp³-hybridized carbons (Fsp3) is 0.154. The van der Waals surface area contributed by atoms with Crippen LogP contribution in [-0.4, -0.2) is 52.0 Å². The SMILES string of the molecule is O=C(O)C[C@H](N=Cc1ccc2c(Nc3cccc(-c4ccc5c(c4)OCCO5)c3Cl)nsc2c1)C(=O)O. The van der Waals surface area contributed by atoms with Crippen LogP contribution in [0.25, 0.3) is 21.2 Å². The van der Waals surface area contributed by atoms with E-state index < -0.39 is 24.4 Å². The summed E-state index contributed by atoms with van der Waals surface area (Å²) in [6.07, 6.45) is 0.774. The summed E-state index contributed by atoms with van der Waals surface area (Å²) in [6.45, 7) is 1.02. The van der Waals surface area contributed by atoms with Crippen LogP contribution in [0, 0.1) is 0 Å². The zero-order chi connectivity index (χ0) is 25.9. The molecule has 3 N–H and O–H groups in total. The van der Waals surface area contributed by atoms with E-state index in [0.717, 1.165) is 21.2 Å². The molecule has 1 aliphatic heterocycles. The molecule has 11 heteroatoms. The second-order valence-corrected chi connectivity index (χ2v) is 9.35. The third-order valence-corrected chi connectivity index (χ3v) is 6.87. The van der Waals surface area contributed by atoms with Crippen molar-refractivity contribution in [1.29, 1.82) is 0 Å². The van der Waals surface area contributed by atoms with Crippen LogP contribution in [0.15, 0.2) is 59.6 Å². The fourth-order valence-corrected chi connectivity index (χ4v) is 4.93. The molecule has 1 aliphatic rings. The second-order valence-electron chi connectivity index (χ2n) is 8.17. The number of hydrogen-bond acceptors (Lipinski definition) is 8. The van der Waals surface area contributed by atoms with E-state index in [9.17, 15) is 9.59 Å². The molecule has 1 aromatic heterocycles. The van der Waals surface area contributed by atoms with Crippen molar-refractivity contribution >= 4 is 62.9 Å². The number of ether oxygens (including phenoxy) is 2. The average Bonchev–Trinajstić information content (AvgIpc) is 3.29. The Balaban J connectivity index is 1.38. The number of aromatic nitrogens is 1. The van der Waals surface area contributed by atoms with E-state index >= 15 is 0 Å². The van der Waals surface area contributed by atoms with Crippen LogP contribution in [-0.2, 0) is 9.59 Å². The Kier molecular flexibility index (Phi) is 6.93. The molecule has 3 aromatic carbocycles. The van der Waals surface area contributed by atoms with E-state index in [1.165, 1.54) is 17.7 Å². The van der Waals surface area contributed by atoms with E-state index in [0.29, 0.717) is 46.8 Å². The van der Waals surface area contributed by atoms with Gasteiger partial charge in [0.25, 0.3) is 0 Å². The Morgan fingerprint density at radius 1 is 1.11 bits per heavy atom. The molecule has 5 rings (SSSR count). The van der Waals surface area contributed by atoms with Gasteiger partial charge in [0.2, 0.25) is 0 Å². The van der Waals surface area contributed by atoms with Crippen LogP contribution in [0.2, 0.25) is 5.02 Å². The van der Waals surface area contributed by atoms with Crippen molar-refractivity contribution in [2.45, 2.75) is 12.5 Å². The first-order valence-corrected chi connectivity index (χ1v) is 12.4. The number of benzene rings is 3. The fourth-order valence-electron chi connectivity index (χ4n) is 3.86. The van der Waals surface area contributed by atoms with Crippen LogP contribution >= 0.6 is 23.1 Å². The number of nitrogens with one attached hydrogen (secondary N) is 1. The number of halogens is 1. The summed E-state index contributed by atoms with van der Waals surface area (Å²) in [6, 6.07) is 15.5. The topological polar surface area (TPSA) is 130 Å². The first-order chi connectivity index (χ1) is 17.9. The molecule has 0 saturated carbocycles. The van der Waals surface area contributed by atoms with Crippen molar-refractivity contribution in [3.63, 3.8) is 0 Å². The number of aliphatic carboxylic acids is 2. The van der Waals surface area contributed by atoms with E-state index in [4.69, 9.17) is 31.3 Å². The van der Waals surface area contributed by atoms with E-state index in [2.05, 4.69) is 14.7 Å². The van der Waals surface area contributed by atoms with Crippen LogP contribution in [0.5, 0.6) is 11.5 Å². The minimum atomic E-state index is -1.35. The second kappa shape index (κ2) is 10.5. The predicted octanol–water partition coefficient (Wildman–Crippen LogP) is 5.48. The maximum absolute atomic E-state index is 11.2. The molecule has 4 aromatic rings. The lowest BCUT2D eigenvalue weighted by atomic mass is 10.0. The summed E-state index contributed by atoms with van der Waals surface area (Å²) in [5.41, 5.74) is 3.05. The Hall–Kier alpha value is -4.15. The highest BCUT2D eigenvalue weighted by Gasteiger charge is 2.19. The van der Waals surface area contributed by atoms with Crippen molar-refractivity contribution < 1.29 is 29.3 Å². The number of carboxylic acid groups (broad SMARTS) is 2. The van der Waals surface area contributed by atoms with E-state index in [-0.39, 0.29) is 0 Å². The first-order valence-electron chi connectivity index (χ1n) is 11.2. The lowest BCUT2D eigenvalue weighted by molar-refractivity contribution is -0.144. The molecule has 188 valence electrons. The van der Waals surface area contributed by atoms with Crippen molar-refractivity contribution in [3.8, 4) is 22.6 Å². The molecule has 1 atom stereocenters. The zero-order valence-electron chi connectivity index (χ0n) is 19.2. The predicted molar refractivity (Wildman–Crippen MR) is 142 cm³/mol. The summed E-state index contributed by atoms with van der Waals surface area (Å²) in [5, 5.41) is 22.7. The highest BCUT2D eigenvalue weighted by atomic mass is 35.5. The van der Waals surface area contributed by atoms with Gasteiger partial charge < -0.3 is 25.0 Å². The van der Waals surface area contributed by atoms with Crippen LogP contribution < -0.4 is 14.8 Å². The lowest BCUT2D eigenvalue weighted by Crippen LogP contribution is -2.21. The maximum atomic E-state index is 11.2. The van der Waals surface area contributed by atoms with Gasteiger partial charge in [0.1, 0.15) is 13.2 Å². The van der Waals surface area contributed by atoms with Gasteiger partial charge in [0.05, 0.1) is 21.8 Å². The minimum absolute atomic E-state index is 0.499. The van der Waals surface area contributed by atoms with Crippen LogP contribution in [0.4, 0.5) is 11.5 Å². The molecule has 0 spiro atoms. The molecule has 0 bridgehead atoms. The molecule has 0 radical (unpaired) electrons. The molecular formula is C26H20ClN3O6S. The van der Waals surface area contributed by atoms with Gasteiger partial charge in [-0.2, -0.15) is 4.37 Å². The average molecular weight is 538 g/mol. The molecule has 0 fully saturated rings. The molecule has 37 heavy (non-hydrogen) atoms. The third-order valence-electron chi connectivity index (χ3n) is 5.66. The molecular weight excluding hydrogens is 518 g/mol. The van der Waals surface area contributed by atoms with Crippen molar-refractivity contribution in [2.24, 2.45) is 4.99 Å².